The van der Waals surface area contributed by atoms with Gasteiger partial charge in [-0.25, -0.2) is 9.37 Å². The number of piperidine rings is 1. The van der Waals surface area contributed by atoms with Crippen LogP contribution in [0.4, 0.5) is 10.2 Å². The van der Waals surface area contributed by atoms with E-state index in [-0.39, 0.29) is 18.3 Å². The number of carbonyl (C=O) groups excluding carboxylic acids is 1. The van der Waals surface area contributed by atoms with Crippen LogP contribution in [0.5, 0.6) is 0 Å². The van der Waals surface area contributed by atoms with Gasteiger partial charge in [0.25, 0.3) is 0 Å². The van der Waals surface area contributed by atoms with Crippen LogP contribution in [-0.2, 0) is 11.2 Å². The first-order chi connectivity index (χ1) is 11.5. The van der Waals surface area contributed by atoms with E-state index in [9.17, 15) is 14.3 Å². The molecule has 0 radical (unpaired) electrons. The average molecular weight is 349 g/mol. The summed E-state index contributed by atoms with van der Waals surface area (Å²) in [4.78, 5) is 19.0. The number of halogens is 1. The van der Waals surface area contributed by atoms with Gasteiger partial charge in [-0.2, -0.15) is 0 Å². The second-order valence-electron chi connectivity index (χ2n) is 6.12. The molecule has 1 aliphatic rings. The molecule has 3 rings (SSSR count). The summed E-state index contributed by atoms with van der Waals surface area (Å²) < 4.78 is 13.0. The van der Waals surface area contributed by atoms with Gasteiger partial charge < -0.3 is 15.3 Å². The number of hydrogen-bond acceptors (Lipinski definition) is 5. The van der Waals surface area contributed by atoms with Crippen LogP contribution in [0.2, 0.25) is 0 Å². The van der Waals surface area contributed by atoms with Crippen molar-refractivity contribution in [3.63, 3.8) is 0 Å². The fraction of sp³-hybridized carbons (Fsp3) is 0.412. The molecule has 0 saturated carbocycles. The van der Waals surface area contributed by atoms with Crippen LogP contribution < -0.4 is 10.2 Å². The van der Waals surface area contributed by atoms with E-state index in [1.807, 2.05) is 22.4 Å². The number of rotatable bonds is 5. The van der Waals surface area contributed by atoms with Crippen LogP contribution in [0.1, 0.15) is 17.7 Å². The zero-order valence-corrected chi connectivity index (χ0v) is 14.1. The van der Waals surface area contributed by atoms with Crippen LogP contribution in [0.15, 0.2) is 35.8 Å². The summed E-state index contributed by atoms with van der Waals surface area (Å²) in [7, 11) is 0. The first kappa shape index (κ1) is 16.9. The summed E-state index contributed by atoms with van der Waals surface area (Å²) in [6.07, 6.45) is 2.91. The van der Waals surface area contributed by atoms with Gasteiger partial charge in [0.2, 0.25) is 5.91 Å². The van der Waals surface area contributed by atoms with Crippen LogP contribution in [0, 0.1) is 5.82 Å². The minimum Gasteiger partial charge on any atom is -0.386 e. The van der Waals surface area contributed by atoms with Crippen molar-refractivity contribution >= 4 is 23.1 Å². The quantitative estimate of drug-likeness (QED) is 0.866. The monoisotopic (exact) mass is 349 g/mol. The Morgan fingerprint density at radius 2 is 2.33 bits per heavy atom. The number of nitrogens with one attached hydrogen (secondary N) is 1. The summed E-state index contributed by atoms with van der Waals surface area (Å²) in [6.45, 7) is 1.32. The smallest absolute Gasteiger partial charge is 0.225 e. The summed E-state index contributed by atoms with van der Waals surface area (Å²) in [5.41, 5.74) is -1.00. The van der Waals surface area contributed by atoms with Gasteiger partial charge in [-0.3, -0.25) is 4.79 Å². The van der Waals surface area contributed by atoms with Crippen molar-refractivity contribution in [1.29, 1.82) is 0 Å². The zero-order chi connectivity index (χ0) is 17.0. The lowest BCUT2D eigenvalue weighted by atomic mass is 9.92. The Morgan fingerprint density at radius 1 is 1.46 bits per heavy atom. The van der Waals surface area contributed by atoms with E-state index in [4.69, 9.17) is 0 Å². The number of hydrogen-bond donors (Lipinski definition) is 2. The van der Waals surface area contributed by atoms with Gasteiger partial charge in [-0.15, -0.1) is 11.3 Å². The number of aliphatic hydroxyl groups is 1. The number of pyridine rings is 1. The maximum atomic E-state index is 13.0. The molecule has 1 atom stereocenters. The highest BCUT2D eigenvalue weighted by molar-refractivity contribution is 7.10. The molecule has 1 aliphatic heterocycles. The zero-order valence-electron chi connectivity index (χ0n) is 13.2. The number of nitrogens with zero attached hydrogens (tertiary/aromatic N) is 2. The molecule has 1 fully saturated rings. The highest BCUT2D eigenvalue weighted by Gasteiger charge is 2.34. The van der Waals surface area contributed by atoms with Crippen molar-refractivity contribution in [1.82, 2.24) is 10.3 Å². The molecular weight excluding hydrogens is 329 g/mol. The van der Waals surface area contributed by atoms with E-state index in [1.165, 1.54) is 12.3 Å². The van der Waals surface area contributed by atoms with Crippen molar-refractivity contribution < 1.29 is 14.3 Å². The molecule has 2 aromatic rings. The van der Waals surface area contributed by atoms with Crippen LogP contribution >= 0.6 is 11.3 Å². The third-order valence-electron chi connectivity index (χ3n) is 4.12. The second-order valence-corrected chi connectivity index (χ2v) is 7.15. The summed E-state index contributed by atoms with van der Waals surface area (Å²) in [5.74, 6) is 0.161. The molecule has 1 amide bonds. The lowest BCUT2D eigenvalue weighted by Crippen LogP contribution is -2.54. The predicted octanol–water partition coefficient (Wildman–Crippen LogP) is 1.97. The lowest BCUT2D eigenvalue weighted by Gasteiger charge is -2.39. The Labute approximate surface area is 144 Å². The Morgan fingerprint density at radius 3 is 3.04 bits per heavy atom. The molecule has 3 heterocycles. The van der Waals surface area contributed by atoms with E-state index in [1.54, 1.807) is 17.4 Å². The number of carbonyl (C=O) groups is 1. The standard InChI is InChI=1S/C17H20FN3O2S/c18-13-4-5-15(19-10-13)21-7-2-6-17(23,12-21)11-20-16(22)9-14-3-1-8-24-14/h1,3-5,8,10,23H,2,6-7,9,11-12H2,(H,20,22)/t17-/m0/s1. The molecule has 24 heavy (non-hydrogen) atoms. The van der Waals surface area contributed by atoms with Gasteiger partial charge in [-0.1, -0.05) is 6.07 Å². The third-order valence-corrected chi connectivity index (χ3v) is 5.00. The van der Waals surface area contributed by atoms with E-state index >= 15 is 0 Å². The Balaban J connectivity index is 1.56. The molecule has 128 valence electrons. The van der Waals surface area contributed by atoms with Gasteiger partial charge in [0.05, 0.1) is 18.2 Å². The Bertz CT molecular complexity index is 678. The van der Waals surface area contributed by atoms with E-state index < -0.39 is 5.60 Å². The van der Waals surface area contributed by atoms with Crippen molar-refractivity contribution in [2.45, 2.75) is 24.9 Å². The highest BCUT2D eigenvalue weighted by atomic mass is 32.1. The Kier molecular flexibility index (Phi) is 5.11. The SMILES string of the molecule is O=C(Cc1cccs1)NC[C@@]1(O)CCCN(c2ccc(F)cn2)C1. The van der Waals surface area contributed by atoms with Gasteiger partial charge in [0.15, 0.2) is 0 Å². The number of β-amino-alcohol motifs (C(OH)–C–C–N with tert-alkyl or cyclic N) is 1. The molecule has 0 aliphatic carbocycles. The molecular formula is C17H20FN3O2S. The molecule has 1 saturated heterocycles. The minimum atomic E-state index is -1.00. The maximum absolute atomic E-state index is 13.0. The highest BCUT2D eigenvalue weighted by Crippen LogP contribution is 2.24. The molecule has 7 heteroatoms. The van der Waals surface area contributed by atoms with Crippen LogP contribution in [-0.4, -0.2) is 41.2 Å². The number of aromatic nitrogens is 1. The minimum absolute atomic E-state index is 0.0945. The van der Waals surface area contributed by atoms with Crippen LogP contribution in [0.25, 0.3) is 0 Å². The molecule has 0 aromatic carbocycles. The third kappa shape index (κ3) is 4.30. The van der Waals surface area contributed by atoms with E-state index in [0.29, 0.717) is 25.2 Å². The molecule has 0 unspecified atom stereocenters. The Hall–Kier alpha value is -1.99. The first-order valence-electron chi connectivity index (χ1n) is 7.92. The number of amides is 1. The van der Waals surface area contributed by atoms with Crippen molar-refractivity contribution in [3.8, 4) is 0 Å². The molecule has 0 spiro atoms. The molecule has 2 N–H and O–H groups in total. The average Bonchev–Trinajstić information content (AvgIpc) is 3.07. The number of anilines is 1. The fourth-order valence-corrected chi connectivity index (χ4v) is 3.61. The van der Waals surface area contributed by atoms with E-state index in [0.717, 1.165) is 17.8 Å². The number of thiophene rings is 1. The van der Waals surface area contributed by atoms with Gasteiger partial charge in [0, 0.05) is 24.5 Å². The first-order valence-corrected chi connectivity index (χ1v) is 8.80. The fourth-order valence-electron chi connectivity index (χ4n) is 2.90. The van der Waals surface area contributed by atoms with Crippen LogP contribution in [0.3, 0.4) is 0 Å². The summed E-state index contributed by atoms with van der Waals surface area (Å²) in [6, 6.07) is 6.80. The lowest BCUT2D eigenvalue weighted by molar-refractivity contribution is -0.121. The van der Waals surface area contributed by atoms with E-state index in [2.05, 4.69) is 10.3 Å². The largest absolute Gasteiger partial charge is 0.386 e. The van der Waals surface area contributed by atoms with Gasteiger partial charge in [-0.05, 0) is 36.4 Å². The summed E-state index contributed by atoms with van der Waals surface area (Å²) in [5, 5.41) is 15.5. The molecule has 0 bridgehead atoms. The van der Waals surface area contributed by atoms with Crippen molar-refractivity contribution in [3.05, 3.63) is 46.5 Å². The summed E-state index contributed by atoms with van der Waals surface area (Å²) >= 11 is 1.54. The van der Waals surface area contributed by atoms with Gasteiger partial charge >= 0.3 is 0 Å². The van der Waals surface area contributed by atoms with Crippen molar-refractivity contribution in [2.75, 3.05) is 24.5 Å². The second kappa shape index (κ2) is 7.27. The molecule has 5 nitrogen and oxygen atoms in total. The van der Waals surface area contributed by atoms with Gasteiger partial charge in [0.1, 0.15) is 11.6 Å². The topological polar surface area (TPSA) is 65.5 Å². The predicted molar refractivity (Wildman–Crippen MR) is 91.6 cm³/mol. The molecule has 2 aromatic heterocycles. The maximum Gasteiger partial charge on any atom is 0.225 e. The van der Waals surface area contributed by atoms with Crippen molar-refractivity contribution in [2.24, 2.45) is 0 Å². The normalized spacial score (nSPS) is 20.8.